The van der Waals surface area contributed by atoms with Crippen LogP contribution in [-0.4, -0.2) is 38.3 Å². The van der Waals surface area contributed by atoms with Gasteiger partial charge in [-0.25, -0.2) is 0 Å². The average molecular weight is 242 g/mol. The molecule has 100 valence electrons. The van der Waals surface area contributed by atoms with Gasteiger partial charge in [-0.1, -0.05) is 13.3 Å². The Labute approximate surface area is 104 Å². The minimum Gasteiger partial charge on any atom is -0.382 e. The zero-order valence-corrected chi connectivity index (χ0v) is 11.6. The van der Waals surface area contributed by atoms with Crippen molar-refractivity contribution in [3.63, 3.8) is 0 Å². The van der Waals surface area contributed by atoms with Crippen molar-refractivity contribution < 1.29 is 9.53 Å². The minimum atomic E-state index is -0.296. The standard InChI is InChI=1S/C13H26N2O2/c1-5-6-13(7-8-14-9-13)11(16)15-12(2,3)10-17-4/h14H,5-10H2,1-4H3,(H,15,16). The molecule has 1 saturated heterocycles. The minimum absolute atomic E-state index is 0.173. The number of carbonyl (C=O) groups is 1. The molecule has 1 fully saturated rings. The summed E-state index contributed by atoms with van der Waals surface area (Å²) in [6.45, 7) is 8.41. The SMILES string of the molecule is CCCC1(C(=O)NC(C)(C)COC)CCNC1. The molecule has 1 aliphatic rings. The maximum Gasteiger partial charge on any atom is 0.228 e. The fourth-order valence-corrected chi connectivity index (χ4v) is 2.58. The number of hydrogen-bond donors (Lipinski definition) is 2. The lowest BCUT2D eigenvalue weighted by Crippen LogP contribution is -2.53. The van der Waals surface area contributed by atoms with Crippen LogP contribution in [0.5, 0.6) is 0 Å². The molecule has 0 saturated carbocycles. The lowest BCUT2D eigenvalue weighted by atomic mass is 9.81. The van der Waals surface area contributed by atoms with Crippen LogP contribution in [0.3, 0.4) is 0 Å². The first kappa shape index (κ1) is 14.5. The molecule has 0 aromatic rings. The molecule has 0 bridgehead atoms. The van der Waals surface area contributed by atoms with Gasteiger partial charge in [0.25, 0.3) is 0 Å². The summed E-state index contributed by atoms with van der Waals surface area (Å²) >= 11 is 0. The molecule has 1 rings (SSSR count). The Hall–Kier alpha value is -0.610. The Morgan fingerprint density at radius 2 is 2.24 bits per heavy atom. The number of nitrogens with one attached hydrogen (secondary N) is 2. The van der Waals surface area contributed by atoms with E-state index in [1.54, 1.807) is 7.11 Å². The number of ether oxygens (including phenoxy) is 1. The lowest BCUT2D eigenvalue weighted by Gasteiger charge is -2.33. The van der Waals surface area contributed by atoms with Gasteiger partial charge in [0.05, 0.1) is 17.6 Å². The van der Waals surface area contributed by atoms with E-state index in [1.165, 1.54) is 0 Å². The van der Waals surface area contributed by atoms with Gasteiger partial charge in [-0.15, -0.1) is 0 Å². The second-order valence-electron chi connectivity index (χ2n) is 5.73. The second kappa shape index (κ2) is 5.83. The second-order valence-corrected chi connectivity index (χ2v) is 5.73. The molecule has 1 atom stereocenters. The molecule has 1 aliphatic heterocycles. The molecule has 0 spiro atoms. The zero-order chi connectivity index (χ0) is 12.9. The summed E-state index contributed by atoms with van der Waals surface area (Å²) < 4.78 is 5.13. The Morgan fingerprint density at radius 1 is 1.53 bits per heavy atom. The molecular formula is C13H26N2O2. The van der Waals surface area contributed by atoms with Crippen molar-refractivity contribution in [2.24, 2.45) is 5.41 Å². The van der Waals surface area contributed by atoms with Crippen LogP contribution in [0.1, 0.15) is 40.0 Å². The summed E-state index contributed by atoms with van der Waals surface area (Å²) in [5.41, 5.74) is -0.505. The molecule has 1 unspecified atom stereocenters. The molecule has 2 N–H and O–H groups in total. The fraction of sp³-hybridized carbons (Fsp3) is 0.923. The normalized spacial score (nSPS) is 24.9. The molecule has 0 aromatic carbocycles. The van der Waals surface area contributed by atoms with Crippen molar-refractivity contribution in [1.82, 2.24) is 10.6 Å². The summed E-state index contributed by atoms with van der Waals surface area (Å²) in [6.07, 6.45) is 2.93. The van der Waals surface area contributed by atoms with E-state index in [0.717, 1.165) is 32.4 Å². The van der Waals surface area contributed by atoms with E-state index >= 15 is 0 Å². The summed E-state index contributed by atoms with van der Waals surface area (Å²) in [5, 5.41) is 6.43. The Morgan fingerprint density at radius 3 is 2.71 bits per heavy atom. The first-order chi connectivity index (χ1) is 7.96. The van der Waals surface area contributed by atoms with Crippen molar-refractivity contribution in [1.29, 1.82) is 0 Å². The van der Waals surface area contributed by atoms with Crippen LogP contribution < -0.4 is 10.6 Å². The van der Waals surface area contributed by atoms with Crippen molar-refractivity contribution in [3.05, 3.63) is 0 Å². The van der Waals surface area contributed by atoms with Crippen LogP contribution in [-0.2, 0) is 9.53 Å². The average Bonchev–Trinajstić information content (AvgIpc) is 2.67. The van der Waals surface area contributed by atoms with Gasteiger partial charge < -0.3 is 15.4 Å². The highest BCUT2D eigenvalue weighted by atomic mass is 16.5. The van der Waals surface area contributed by atoms with Crippen LogP contribution in [0.2, 0.25) is 0 Å². The monoisotopic (exact) mass is 242 g/mol. The summed E-state index contributed by atoms with van der Waals surface area (Å²) in [6, 6.07) is 0. The Kier molecular flexibility index (Phi) is 4.95. The summed E-state index contributed by atoms with van der Waals surface area (Å²) in [5.74, 6) is 0.173. The predicted molar refractivity (Wildman–Crippen MR) is 68.9 cm³/mol. The van der Waals surface area contributed by atoms with Gasteiger partial charge in [0.1, 0.15) is 0 Å². The highest BCUT2D eigenvalue weighted by molar-refractivity contribution is 5.84. The Balaban J connectivity index is 2.66. The van der Waals surface area contributed by atoms with Crippen LogP contribution >= 0.6 is 0 Å². The van der Waals surface area contributed by atoms with Crippen molar-refractivity contribution in [2.75, 3.05) is 26.8 Å². The molecule has 4 nitrogen and oxygen atoms in total. The summed E-state index contributed by atoms with van der Waals surface area (Å²) in [7, 11) is 1.66. The molecule has 1 amide bonds. The van der Waals surface area contributed by atoms with E-state index in [2.05, 4.69) is 17.6 Å². The van der Waals surface area contributed by atoms with Gasteiger partial charge in [-0.3, -0.25) is 4.79 Å². The first-order valence-electron chi connectivity index (χ1n) is 6.48. The number of carbonyl (C=O) groups excluding carboxylic acids is 1. The smallest absolute Gasteiger partial charge is 0.228 e. The molecule has 1 heterocycles. The van der Waals surface area contributed by atoms with Crippen LogP contribution in [0, 0.1) is 5.41 Å². The quantitative estimate of drug-likeness (QED) is 0.738. The maximum absolute atomic E-state index is 12.4. The van der Waals surface area contributed by atoms with Gasteiger partial charge in [-0.05, 0) is 33.2 Å². The van der Waals surface area contributed by atoms with Crippen molar-refractivity contribution in [3.8, 4) is 0 Å². The molecule has 0 aliphatic carbocycles. The van der Waals surface area contributed by atoms with Gasteiger partial charge in [-0.2, -0.15) is 0 Å². The molecule has 17 heavy (non-hydrogen) atoms. The lowest BCUT2D eigenvalue weighted by molar-refractivity contribution is -0.132. The van der Waals surface area contributed by atoms with E-state index in [0.29, 0.717) is 6.61 Å². The van der Waals surface area contributed by atoms with E-state index in [-0.39, 0.29) is 16.9 Å². The molecular weight excluding hydrogens is 216 g/mol. The topological polar surface area (TPSA) is 50.4 Å². The van der Waals surface area contributed by atoms with Gasteiger partial charge in [0, 0.05) is 13.7 Å². The predicted octanol–water partition coefficient (Wildman–Crippen LogP) is 1.31. The van der Waals surface area contributed by atoms with Gasteiger partial charge in [0.2, 0.25) is 5.91 Å². The van der Waals surface area contributed by atoms with E-state index in [9.17, 15) is 4.79 Å². The molecule has 0 radical (unpaired) electrons. The third kappa shape index (κ3) is 3.68. The van der Waals surface area contributed by atoms with Crippen molar-refractivity contribution in [2.45, 2.75) is 45.6 Å². The number of rotatable bonds is 6. The highest BCUT2D eigenvalue weighted by Gasteiger charge is 2.41. The molecule has 4 heteroatoms. The number of amides is 1. The van der Waals surface area contributed by atoms with Crippen molar-refractivity contribution >= 4 is 5.91 Å². The first-order valence-corrected chi connectivity index (χ1v) is 6.48. The van der Waals surface area contributed by atoms with Gasteiger partial charge in [0.15, 0.2) is 0 Å². The van der Waals surface area contributed by atoms with Crippen LogP contribution in [0.15, 0.2) is 0 Å². The maximum atomic E-state index is 12.4. The third-order valence-electron chi connectivity index (χ3n) is 3.41. The number of hydrogen-bond acceptors (Lipinski definition) is 3. The zero-order valence-electron chi connectivity index (χ0n) is 11.6. The van der Waals surface area contributed by atoms with E-state index < -0.39 is 0 Å². The Bertz CT molecular complexity index is 258. The number of methoxy groups -OCH3 is 1. The molecule has 0 aromatic heterocycles. The van der Waals surface area contributed by atoms with Gasteiger partial charge >= 0.3 is 0 Å². The highest BCUT2D eigenvalue weighted by Crippen LogP contribution is 2.31. The van der Waals surface area contributed by atoms with Crippen LogP contribution in [0.25, 0.3) is 0 Å². The summed E-state index contributed by atoms with van der Waals surface area (Å²) in [4.78, 5) is 12.4. The van der Waals surface area contributed by atoms with Crippen LogP contribution in [0.4, 0.5) is 0 Å². The third-order valence-corrected chi connectivity index (χ3v) is 3.41. The van der Waals surface area contributed by atoms with E-state index in [1.807, 2.05) is 13.8 Å². The fourth-order valence-electron chi connectivity index (χ4n) is 2.58. The van der Waals surface area contributed by atoms with E-state index in [4.69, 9.17) is 4.74 Å². The largest absolute Gasteiger partial charge is 0.382 e.